The quantitative estimate of drug-likeness (QED) is 0.442. The third-order valence-corrected chi connectivity index (χ3v) is 6.97. The number of fused-ring (bicyclic) bond motifs is 1. The van der Waals surface area contributed by atoms with Gasteiger partial charge in [0.2, 0.25) is 0 Å². The summed E-state index contributed by atoms with van der Waals surface area (Å²) in [7, 11) is 0. The molecule has 5 rings (SSSR count). The minimum Gasteiger partial charge on any atom is -0.465 e. The lowest BCUT2D eigenvalue weighted by atomic mass is 10.1. The third kappa shape index (κ3) is 5.05. The van der Waals surface area contributed by atoms with Gasteiger partial charge in [-0.15, -0.1) is 0 Å². The topological polar surface area (TPSA) is 121 Å². The highest BCUT2D eigenvalue weighted by molar-refractivity contribution is 7.80. The number of rotatable bonds is 5. The monoisotopic (exact) mass is 510 g/mol. The maximum Gasteiger partial charge on any atom is 0.409 e. The second-order valence-electron chi connectivity index (χ2n) is 8.86. The molecule has 3 aromatic rings. The van der Waals surface area contributed by atoms with Crippen LogP contribution < -0.4 is 15.5 Å². The number of benzene rings is 1. The summed E-state index contributed by atoms with van der Waals surface area (Å²) in [5.74, 6) is 1.43. The van der Waals surface area contributed by atoms with Crippen molar-refractivity contribution in [2.24, 2.45) is 0 Å². The molecule has 0 spiro atoms. The predicted octanol–water partition coefficient (Wildman–Crippen LogP) is 2.95. The summed E-state index contributed by atoms with van der Waals surface area (Å²) >= 11 is 5.50. The van der Waals surface area contributed by atoms with Crippen molar-refractivity contribution in [2.45, 2.75) is 25.8 Å². The fourth-order valence-electron chi connectivity index (χ4n) is 4.73. The number of morpholine rings is 1. The van der Waals surface area contributed by atoms with Crippen LogP contribution in [0.1, 0.15) is 25.8 Å². The minimum absolute atomic E-state index is 0.214. The van der Waals surface area contributed by atoms with Crippen molar-refractivity contribution in [1.82, 2.24) is 30.0 Å². The number of aromatic nitrogens is 4. The van der Waals surface area contributed by atoms with Crippen molar-refractivity contribution in [3.05, 3.63) is 30.5 Å². The lowest BCUT2D eigenvalue weighted by Gasteiger charge is -2.34. The number of nitrogens with zero attached hydrogens (tertiary/aromatic N) is 6. The Morgan fingerprint density at radius 2 is 1.86 bits per heavy atom. The number of amides is 1. The van der Waals surface area contributed by atoms with Gasteiger partial charge < -0.3 is 25.0 Å². The summed E-state index contributed by atoms with van der Waals surface area (Å²) in [5, 5.41) is 21.1. The molecular formula is C24H30N8O3S. The second kappa shape index (κ2) is 10.6. The summed E-state index contributed by atoms with van der Waals surface area (Å²) < 4.78 is 7.60. The molecule has 0 aliphatic carbocycles. The summed E-state index contributed by atoms with van der Waals surface area (Å²) in [4.78, 5) is 25.3. The SMILES string of the molecule is CCNC(=S)N1CCC(n2ncc3c(N4CCOCC4)nc(-c4ccc(NC(=O)O)cc4)nc32)CC1. The normalized spacial score (nSPS) is 16.8. The predicted molar refractivity (Wildman–Crippen MR) is 142 cm³/mol. The highest BCUT2D eigenvalue weighted by atomic mass is 32.1. The van der Waals surface area contributed by atoms with Crippen LogP contribution in [0.5, 0.6) is 0 Å². The van der Waals surface area contributed by atoms with Crippen molar-refractivity contribution in [3.8, 4) is 11.4 Å². The number of likely N-dealkylation sites (tertiary alicyclic amines) is 1. The maximum absolute atomic E-state index is 11.0. The molecule has 11 nitrogen and oxygen atoms in total. The number of ether oxygens (including phenoxy) is 1. The average molecular weight is 511 g/mol. The van der Waals surface area contributed by atoms with Gasteiger partial charge in [0, 0.05) is 44.0 Å². The van der Waals surface area contributed by atoms with E-state index in [1.807, 2.05) is 23.0 Å². The Balaban J connectivity index is 1.49. The molecule has 12 heteroatoms. The van der Waals surface area contributed by atoms with Crippen LogP contribution in [0.4, 0.5) is 16.3 Å². The average Bonchev–Trinajstić information content (AvgIpc) is 3.33. The Bertz CT molecular complexity index is 1230. The van der Waals surface area contributed by atoms with E-state index in [2.05, 4.69) is 27.4 Å². The number of anilines is 2. The van der Waals surface area contributed by atoms with Crippen LogP contribution in [0.25, 0.3) is 22.4 Å². The van der Waals surface area contributed by atoms with Gasteiger partial charge in [-0.3, -0.25) is 5.32 Å². The fraction of sp³-hybridized carbons (Fsp3) is 0.458. The molecule has 0 unspecified atom stereocenters. The summed E-state index contributed by atoms with van der Waals surface area (Å²) in [6.07, 6.45) is 2.62. The standard InChI is InChI=1S/C24H30N8O3S/c1-2-25-23(36)31-9-7-18(8-10-31)32-22-19(15-26-32)21(30-11-13-35-14-12-30)28-20(29-22)16-3-5-17(6-4-16)27-24(33)34/h3-6,15,18,27H,2,7-14H2,1H3,(H,25,36)(H,33,34). The summed E-state index contributed by atoms with van der Waals surface area (Å²) in [6.45, 7) is 7.39. The number of carboxylic acid groups (broad SMARTS) is 1. The lowest BCUT2D eigenvalue weighted by Crippen LogP contribution is -2.44. The molecule has 1 aromatic carbocycles. The summed E-state index contributed by atoms with van der Waals surface area (Å²) in [5.41, 5.74) is 2.11. The van der Waals surface area contributed by atoms with Crippen molar-refractivity contribution in [2.75, 3.05) is 56.2 Å². The van der Waals surface area contributed by atoms with Crippen LogP contribution >= 0.6 is 12.2 Å². The van der Waals surface area contributed by atoms with Crippen LogP contribution in [0.2, 0.25) is 0 Å². The maximum atomic E-state index is 11.0. The Morgan fingerprint density at radius 1 is 1.14 bits per heavy atom. The fourth-order valence-corrected chi connectivity index (χ4v) is 5.05. The number of carbonyl (C=O) groups is 1. The molecule has 3 N–H and O–H groups in total. The molecule has 0 bridgehead atoms. The smallest absolute Gasteiger partial charge is 0.409 e. The van der Waals surface area contributed by atoms with Crippen molar-refractivity contribution < 1.29 is 14.6 Å². The Hall–Kier alpha value is -3.51. The molecule has 2 aliphatic heterocycles. The van der Waals surface area contributed by atoms with E-state index in [4.69, 9.17) is 37.1 Å². The first-order chi connectivity index (χ1) is 17.5. The molecule has 0 saturated carbocycles. The Morgan fingerprint density at radius 3 is 2.53 bits per heavy atom. The molecule has 0 atom stereocenters. The number of hydrogen-bond acceptors (Lipinski definition) is 7. The van der Waals surface area contributed by atoms with Gasteiger partial charge in [0.15, 0.2) is 16.6 Å². The van der Waals surface area contributed by atoms with E-state index < -0.39 is 6.09 Å². The number of thiocarbonyl (C=S) groups is 1. The van der Waals surface area contributed by atoms with Gasteiger partial charge in [0.25, 0.3) is 0 Å². The Labute approximate surface area is 214 Å². The van der Waals surface area contributed by atoms with Gasteiger partial charge in [-0.25, -0.2) is 19.4 Å². The molecule has 0 radical (unpaired) electrons. The second-order valence-corrected chi connectivity index (χ2v) is 9.24. The molecule has 2 aliphatic rings. The zero-order chi connectivity index (χ0) is 25.1. The van der Waals surface area contributed by atoms with Crippen LogP contribution in [0.15, 0.2) is 30.5 Å². The first-order valence-electron chi connectivity index (χ1n) is 12.2. The van der Waals surface area contributed by atoms with E-state index in [0.717, 1.165) is 73.1 Å². The largest absolute Gasteiger partial charge is 0.465 e. The third-order valence-electron chi connectivity index (χ3n) is 6.56. The van der Waals surface area contributed by atoms with Gasteiger partial charge >= 0.3 is 6.09 Å². The molecule has 2 saturated heterocycles. The first kappa shape index (κ1) is 24.2. The van der Waals surface area contributed by atoms with E-state index in [0.29, 0.717) is 24.7 Å². The molecular weight excluding hydrogens is 480 g/mol. The van der Waals surface area contributed by atoms with Gasteiger partial charge in [0.05, 0.1) is 30.8 Å². The van der Waals surface area contributed by atoms with E-state index in [1.165, 1.54) is 0 Å². The van der Waals surface area contributed by atoms with E-state index in [9.17, 15) is 4.79 Å². The highest BCUT2D eigenvalue weighted by Gasteiger charge is 2.27. The number of piperidine rings is 1. The molecule has 4 heterocycles. The molecule has 190 valence electrons. The van der Waals surface area contributed by atoms with Crippen molar-refractivity contribution >= 4 is 46.0 Å². The molecule has 1 amide bonds. The molecule has 2 aromatic heterocycles. The Kier molecular flexibility index (Phi) is 7.14. The van der Waals surface area contributed by atoms with Gasteiger partial charge in [-0.1, -0.05) is 0 Å². The van der Waals surface area contributed by atoms with Crippen LogP contribution in [-0.4, -0.2) is 86.9 Å². The van der Waals surface area contributed by atoms with Crippen molar-refractivity contribution in [1.29, 1.82) is 0 Å². The van der Waals surface area contributed by atoms with Gasteiger partial charge in [-0.05, 0) is 56.2 Å². The van der Waals surface area contributed by atoms with Gasteiger partial charge in [0.1, 0.15) is 5.82 Å². The lowest BCUT2D eigenvalue weighted by molar-refractivity contribution is 0.122. The minimum atomic E-state index is -1.10. The number of nitrogens with one attached hydrogen (secondary N) is 2. The van der Waals surface area contributed by atoms with Crippen LogP contribution in [0.3, 0.4) is 0 Å². The number of hydrogen-bond donors (Lipinski definition) is 3. The molecule has 2 fully saturated rings. The van der Waals surface area contributed by atoms with E-state index in [1.54, 1.807) is 12.1 Å². The summed E-state index contributed by atoms with van der Waals surface area (Å²) in [6, 6.07) is 7.30. The zero-order valence-electron chi connectivity index (χ0n) is 20.2. The van der Waals surface area contributed by atoms with Crippen molar-refractivity contribution in [3.63, 3.8) is 0 Å². The zero-order valence-corrected chi connectivity index (χ0v) is 21.0. The molecule has 36 heavy (non-hydrogen) atoms. The van der Waals surface area contributed by atoms with Crippen LogP contribution in [-0.2, 0) is 4.74 Å². The van der Waals surface area contributed by atoms with Crippen LogP contribution in [0, 0.1) is 0 Å². The van der Waals surface area contributed by atoms with E-state index in [-0.39, 0.29) is 6.04 Å². The highest BCUT2D eigenvalue weighted by Crippen LogP contribution is 2.32. The van der Waals surface area contributed by atoms with Gasteiger partial charge in [-0.2, -0.15) is 5.10 Å². The van der Waals surface area contributed by atoms with E-state index >= 15 is 0 Å². The first-order valence-corrected chi connectivity index (χ1v) is 12.7.